The molecule has 1 heterocycles. The fourth-order valence-electron chi connectivity index (χ4n) is 4.42. The molecule has 3 aliphatic rings. The van der Waals surface area contributed by atoms with E-state index in [1.54, 1.807) is 12.1 Å². The van der Waals surface area contributed by atoms with E-state index >= 15 is 0 Å². The summed E-state index contributed by atoms with van der Waals surface area (Å²) >= 11 is 0. The van der Waals surface area contributed by atoms with E-state index in [-0.39, 0.29) is 22.2 Å². The molecule has 0 saturated heterocycles. The maximum atomic E-state index is 12.9. The molecule has 4 rings (SSSR count). The van der Waals surface area contributed by atoms with Crippen LogP contribution >= 0.6 is 0 Å². The highest BCUT2D eigenvalue weighted by atomic mass is 32.2. The van der Waals surface area contributed by atoms with Crippen LogP contribution in [-0.2, 0) is 24.3 Å². The van der Waals surface area contributed by atoms with Crippen molar-refractivity contribution < 1.29 is 27.5 Å². The third-order valence-electron chi connectivity index (χ3n) is 5.92. The lowest BCUT2D eigenvalue weighted by molar-refractivity contribution is -0.117. The number of hydrogen-bond donors (Lipinski definition) is 0. The van der Waals surface area contributed by atoms with Crippen LogP contribution in [0.2, 0.25) is 0 Å². The second-order valence-corrected chi connectivity index (χ2v) is 10.1. The maximum Gasteiger partial charge on any atom is 0.246 e. The molecule has 0 saturated carbocycles. The lowest BCUT2D eigenvalue weighted by Gasteiger charge is -2.36. The molecule has 0 aromatic heterocycles. The van der Waals surface area contributed by atoms with Gasteiger partial charge >= 0.3 is 0 Å². The van der Waals surface area contributed by atoms with Gasteiger partial charge in [-0.25, -0.2) is 12.7 Å². The average molecular weight is 432 g/mol. The first kappa shape index (κ1) is 20.8. The van der Waals surface area contributed by atoms with Gasteiger partial charge in [-0.15, -0.1) is 0 Å². The third kappa shape index (κ3) is 3.28. The van der Waals surface area contributed by atoms with E-state index in [0.717, 1.165) is 17.1 Å². The number of rotatable bonds is 4. The van der Waals surface area contributed by atoms with Crippen molar-refractivity contribution in [2.24, 2.45) is 0 Å². The van der Waals surface area contributed by atoms with Crippen molar-refractivity contribution in [1.29, 1.82) is 0 Å². The molecule has 0 radical (unpaired) electrons. The lowest BCUT2D eigenvalue weighted by Crippen LogP contribution is -2.30. The van der Waals surface area contributed by atoms with E-state index in [4.69, 9.17) is 9.47 Å². The number of benzene rings is 1. The summed E-state index contributed by atoms with van der Waals surface area (Å²) in [7, 11) is 0.608. The zero-order valence-corrected chi connectivity index (χ0v) is 18.2. The lowest BCUT2D eigenvalue weighted by atomic mass is 9.73. The smallest absolute Gasteiger partial charge is 0.246 e. The Bertz CT molecular complexity index is 1050. The van der Waals surface area contributed by atoms with Gasteiger partial charge in [0.05, 0.1) is 7.11 Å². The van der Waals surface area contributed by atoms with E-state index in [0.29, 0.717) is 53.9 Å². The standard InChI is InChI=1S/C22H25NO6S/c1-23(2)30(26,27)19-11-10-13(12-18(19)28-3)20-21-14(24)6-4-8-16(21)29-17-9-5-7-15(25)22(17)20/h10-12,20H,4-9H2,1-3H3. The number of carbonyl (C=O) groups is 2. The van der Waals surface area contributed by atoms with E-state index in [2.05, 4.69) is 0 Å². The summed E-state index contributed by atoms with van der Waals surface area (Å²) in [6.07, 6.45) is 3.60. The predicted molar refractivity (Wildman–Crippen MR) is 109 cm³/mol. The second-order valence-electron chi connectivity index (χ2n) is 7.96. The summed E-state index contributed by atoms with van der Waals surface area (Å²) in [5, 5.41) is 0. The molecule has 0 unspecified atom stereocenters. The van der Waals surface area contributed by atoms with Crippen molar-refractivity contribution in [2.45, 2.75) is 49.3 Å². The summed E-state index contributed by atoms with van der Waals surface area (Å²) in [4.78, 5) is 25.8. The van der Waals surface area contributed by atoms with Crippen molar-refractivity contribution in [2.75, 3.05) is 21.2 Å². The number of hydrogen-bond acceptors (Lipinski definition) is 6. The van der Waals surface area contributed by atoms with Gasteiger partial charge in [0.15, 0.2) is 11.6 Å². The summed E-state index contributed by atoms with van der Waals surface area (Å²) in [6, 6.07) is 4.79. The number of sulfonamides is 1. The first-order valence-corrected chi connectivity index (χ1v) is 11.5. The molecule has 1 aromatic carbocycles. The molecule has 0 spiro atoms. The molecular formula is C22H25NO6S. The van der Waals surface area contributed by atoms with Crippen molar-refractivity contribution in [1.82, 2.24) is 4.31 Å². The SMILES string of the molecule is COc1cc(C2C3=C(CCCC3=O)OC3=C2C(=O)CCC3)ccc1S(=O)(=O)N(C)C. The Morgan fingerprint density at radius 1 is 0.967 bits per heavy atom. The van der Waals surface area contributed by atoms with E-state index in [9.17, 15) is 18.0 Å². The van der Waals surface area contributed by atoms with E-state index in [1.807, 2.05) is 0 Å². The Morgan fingerprint density at radius 3 is 2.03 bits per heavy atom. The predicted octanol–water partition coefficient (Wildman–Crippen LogP) is 3.07. The number of methoxy groups -OCH3 is 1. The Kier molecular flexibility index (Phi) is 5.32. The Hall–Kier alpha value is -2.45. The molecule has 0 amide bonds. The van der Waals surface area contributed by atoms with Crippen LogP contribution in [0.1, 0.15) is 50.0 Å². The van der Waals surface area contributed by atoms with Gasteiger partial charge in [0.25, 0.3) is 0 Å². The average Bonchev–Trinajstić information content (AvgIpc) is 2.72. The maximum absolute atomic E-state index is 12.9. The molecule has 2 aliphatic carbocycles. The number of ether oxygens (including phenoxy) is 2. The highest BCUT2D eigenvalue weighted by molar-refractivity contribution is 7.89. The van der Waals surface area contributed by atoms with Crippen LogP contribution in [0.15, 0.2) is 45.8 Å². The summed E-state index contributed by atoms with van der Waals surface area (Å²) in [5.74, 6) is 0.894. The minimum absolute atomic E-state index is 0.0184. The van der Waals surface area contributed by atoms with Crippen LogP contribution in [0.25, 0.3) is 0 Å². The fourth-order valence-corrected chi connectivity index (χ4v) is 5.45. The first-order chi connectivity index (χ1) is 14.3. The van der Waals surface area contributed by atoms with Crippen LogP contribution in [-0.4, -0.2) is 45.5 Å². The highest BCUT2D eigenvalue weighted by Gasteiger charge is 2.42. The van der Waals surface area contributed by atoms with Gasteiger partial charge in [0.1, 0.15) is 22.2 Å². The second kappa shape index (κ2) is 7.67. The van der Waals surface area contributed by atoms with Gasteiger partial charge in [-0.3, -0.25) is 9.59 Å². The minimum atomic E-state index is -3.71. The van der Waals surface area contributed by atoms with Gasteiger partial charge < -0.3 is 9.47 Å². The minimum Gasteiger partial charge on any atom is -0.495 e. The first-order valence-electron chi connectivity index (χ1n) is 10.1. The van der Waals surface area contributed by atoms with Crippen LogP contribution in [0.5, 0.6) is 5.75 Å². The number of allylic oxidation sites excluding steroid dienone is 4. The Balaban J connectivity index is 1.90. The fraction of sp³-hybridized carbons (Fsp3) is 0.455. The van der Waals surface area contributed by atoms with Gasteiger partial charge in [-0.2, -0.15) is 0 Å². The normalized spacial score (nSPS) is 20.3. The monoisotopic (exact) mass is 431 g/mol. The van der Waals surface area contributed by atoms with Crippen LogP contribution in [0, 0.1) is 0 Å². The van der Waals surface area contributed by atoms with Gasteiger partial charge in [-0.1, -0.05) is 6.07 Å². The molecule has 1 aliphatic heterocycles. The summed E-state index contributed by atoms with van der Waals surface area (Å²) < 4.78 is 37.9. The zero-order chi connectivity index (χ0) is 21.6. The highest BCUT2D eigenvalue weighted by Crippen LogP contribution is 2.48. The van der Waals surface area contributed by atoms with E-state index in [1.165, 1.54) is 27.3 Å². The van der Waals surface area contributed by atoms with Crippen molar-refractivity contribution in [3.05, 3.63) is 46.4 Å². The number of carbonyl (C=O) groups excluding carboxylic acids is 2. The summed E-state index contributed by atoms with van der Waals surface area (Å²) in [5.41, 5.74) is 1.72. The molecule has 0 atom stereocenters. The molecule has 0 bridgehead atoms. The van der Waals surface area contributed by atoms with Crippen molar-refractivity contribution >= 4 is 21.6 Å². The van der Waals surface area contributed by atoms with Crippen molar-refractivity contribution in [3.63, 3.8) is 0 Å². The summed E-state index contributed by atoms with van der Waals surface area (Å²) in [6.45, 7) is 0. The molecule has 8 heteroatoms. The van der Waals surface area contributed by atoms with E-state index < -0.39 is 15.9 Å². The molecular weight excluding hydrogens is 406 g/mol. The Labute approximate surface area is 176 Å². The molecule has 0 fully saturated rings. The van der Waals surface area contributed by atoms with Gasteiger partial charge in [0.2, 0.25) is 10.0 Å². The van der Waals surface area contributed by atoms with Crippen LogP contribution in [0.4, 0.5) is 0 Å². The largest absolute Gasteiger partial charge is 0.495 e. The molecule has 0 N–H and O–H groups in total. The number of ketones is 2. The number of Topliss-reactive ketones (excluding diaryl/α,β-unsaturated/α-hetero) is 2. The quantitative estimate of drug-likeness (QED) is 0.728. The molecule has 160 valence electrons. The molecule has 7 nitrogen and oxygen atoms in total. The van der Waals surface area contributed by atoms with Crippen LogP contribution < -0.4 is 4.74 Å². The van der Waals surface area contributed by atoms with Crippen LogP contribution in [0.3, 0.4) is 0 Å². The number of nitrogens with zero attached hydrogens (tertiary/aromatic N) is 1. The van der Waals surface area contributed by atoms with Crippen molar-refractivity contribution in [3.8, 4) is 5.75 Å². The topological polar surface area (TPSA) is 90.0 Å². The Morgan fingerprint density at radius 2 is 1.53 bits per heavy atom. The zero-order valence-electron chi connectivity index (χ0n) is 17.4. The van der Waals surface area contributed by atoms with Gasteiger partial charge in [-0.05, 0) is 30.5 Å². The molecule has 30 heavy (non-hydrogen) atoms. The molecule has 1 aromatic rings. The van der Waals surface area contributed by atoms with Gasteiger partial charge in [0, 0.05) is 56.8 Å². The third-order valence-corrected chi connectivity index (χ3v) is 7.77.